The van der Waals surface area contributed by atoms with E-state index < -0.39 is 0 Å². The first kappa shape index (κ1) is 19.5. The Morgan fingerprint density at radius 2 is 2.00 bits per heavy atom. The zero-order valence-corrected chi connectivity index (χ0v) is 17.3. The summed E-state index contributed by atoms with van der Waals surface area (Å²) in [6.45, 7) is 2.45. The molecule has 29 heavy (non-hydrogen) atoms. The molecule has 8 nitrogen and oxygen atoms in total. The summed E-state index contributed by atoms with van der Waals surface area (Å²) in [5, 5.41) is 20.9. The van der Waals surface area contributed by atoms with E-state index in [1.165, 1.54) is 0 Å². The van der Waals surface area contributed by atoms with Crippen molar-refractivity contribution in [1.82, 2.24) is 19.7 Å². The molecule has 1 aliphatic rings. The van der Waals surface area contributed by atoms with Crippen molar-refractivity contribution in [3.63, 3.8) is 0 Å². The highest BCUT2D eigenvalue weighted by molar-refractivity contribution is 6.27. The molecule has 4 rings (SSSR count). The number of pyridine rings is 1. The number of aromatic nitrogens is 3. The number of nitrogens with one attached hydrogen (secondary N) is 1. The standard InChI is InChI=1S/C21H26N6O2/c1-25(2)10-11-26-17-6-5-16(23-9-12-27(3,4)29)18-19(17)20(24-26)15-13-22-8-7-14(15)21(18)28/h5-8,13,23H,9-12H2,1-4H3. The molecule has 0 bridgehead atoms. The fourth-order valence-electron chi connectivity index (χ4n) is 3.68. The van der Waals surface area contributed by atoms with Crippen LogP contribution in [-0.2, 0) is 6.54 Å². The van der Waals surface area contributed by atoms with E-state index in [1.807, 2.05) is 30.9 Å². The monoisotopic (exact) mass is 394 g/mol. The fourth-order valence-corrected chi connectivity index (χ4v) is 3.68. The normalized spacial score (nSPS) is 13.2. The van der Waals surface area contributed by atoms with E-state index in [2.05, 4.69) is 15.2 Å². The number of hydrogen-bond acceptors (Lipinski definition) is 6. The van der Waals surface area contributed by atoms with E-state index in [0.29, 0.717) is 24.2 Å². The van der Waals surface area contributed by atoms with Gasteiger partial charge in [-0.1, -0.05) is 0 Å². The lowest BCUT2D eigenvalue weighted by atomic mass is 9.87. The zero-order chi connectivity index (χ0) is 20.8. The number of hydrogen-bond donors (Lipinski definition) is 1. The first-order chi connectivity index (χ1) is 13.8. The van der Waals surface area contributed by atoms with Gasteiger partial charge in [0.15, 0.2) is 5.78 Å². The Morgan fingerprint density at radius 1 is 1.21 bits per heavy atom. The highest BCUT2D eigenvalue weighted by atomic mass is 16.5. The molecular weight excluding hydrogens is 368 g/mol. The molecule has 2 aromatic heterocycles. The molecule has 0 aliphatic heterocycles. The lowest BCUT2D eigenvalue weighted by Gasteiger charge is -2.33. The number of quaternary nitrogens is 1. The summed E-state index contributed by atoms with van der Waals surface area (Å²) < 4.78 is 1.58. The van der Waals surface area contributed by atoms with Crippen molar-refractivity contribution in [2.75, 3.05) is 53.1 Å². The van der Waals surface area contributed by atoms with E-state index in [1.54, 1.807) is 32.6 Å². The second-order valence-electron chi connectivity index (χ2n) is 8.23. The first-order valence-electron chi connectivity index (χ1n) is 9.71. The molecule has 0 unspecified atom stereocenters. The van der Waals surface area contributed by atoms with Crippen molar-refractivity contribution in [3.05, 3.63) is 46.9 Å². The predicted molar refractivity (Wildman–Crippen MR) is 114 cm³/mol. The summed E-state index contributed by atoms with van der Waals surface area (Å²) in [5.41, 5.74) is 4.48. The van der Waals surface area contributed by atoms with Crippen LogP contribution in [0.15, 0.2) is 30.6 Å². The van der Waals surface area contributed by atoms with Gasteiger partial charge in [-0.15, -0.1) is 0 Å². The Bertz CT molecular complexity index is 1080. The highest BCUT2D eigenvalue weighted by Crippen LogP contribution is 2.41. The molecule has 152 valence electrons. The van der Waals surface area contributed by atoms with Gasteiger partial charge in [0.05, 0.1) is 44.8 Å². The third-order valence-corrected chi connectivity index (χ3v) is 5.19. The van der Waals surface area contributed by atoms with Gasteiger partial charge in [0.1, 0.15) is 5.69 Å². The second-order valence-corrected chi connectivity index (χ2v) is 8.23. The van der Waals surface area contributed by atoms with Crippen LogP contribution in [0.5, 0.6) is 0 Å². The van der Waals surface area contributed by atoms with Gasteiger partial charge >= 0.3 is 0 Å². The predicted octanol–water partition coefficient (Wildman–Crippen LogP) is 2.19. The van der Waals surface area contributed by atoms with Crippen LogP contribution < -0.4 is 5.32 Å². The van der Waals surface area contributed by atoms with Gasteiger partial charge < -0.3 is 20.1 Å². The molecule has 8 heteroatoms. The van der Waals surface area contributed by atoms with Crippen LogP contribution in [0.1, 0.15) is 15.9 Å². The van der Waals surface area contributed by atoms with Gasteiger partial charge in [0.2, 0.25) is 0 Å². The molecule has 3 aromatic rings. The number of nitrogens with zero attached hydrogens (tertiary/aromatic N) is 5. The Morgan fingerprint density at radius 3 is 2.72 bits per heavy atom. The fraction of sp³-hybridized carbons (Fsp3) is 0.381. The maximum atomic E-state index is 13.4. The highest BCUT2D eigenvalue weighted by Gasteiger charge is 2.31. The first-order valence-corrected chi connectivity index (χ1v) is 9.71. The van der Waals surface area contributed by atoms with Crippen molar-refractivity contribution < 1.29 is 9.44 Å². The van der Waals surface area contributed by atoms with Crippen LogP contribution in [0.4, 0.5) is 5.69 Å². The summed E-state index contributed by atoms with van der Waals surface area (Å²) in [5.74, 6) is -0.0361. The van der Waals surface area contributed by atoms with Gasteiger partial charge in [0.25, 0.3) is 0 Å². The summed E-state index contributed by atoms with van der Waals surface area (Å²) in [6.07, 6.45) is 3.35. The van der Waals surface area contributed by atoms with Crippen LogP contribution in [0, 0.1) is 5.21 Å². The Labute approximate surface area is 169 Å². The molecule has 0 saturated heterocycles. The number of fused-ring (bicyclic) bond motifs is 2. The molecule has 1 aromatic carbocycles. The van der Waals surface area contributed by atoms with E-state index in [4.69, 9.17) is 5.10 Å². The number of anilines is 1. The Kier molecular flexibility index (Phi) is 4.85. The topological polar surface area (TPSA) is 86.1 Å². The molecule has 2 heterocycles. The summed E-state index contributed by atoms with van der Waals surface area (Å²) >= 11 is 0. The van der Waals surface area contributed by atoms with Crippen LogP contribution in [0.25, 0.3) is 22.2 Å². The van der Waals surface area contributed by atoms with E-state index in [-0.39, 0.29) is 10.4 Å². The van der Waals surface area contributed by atoms with Crippen LogP contribution in [0.2, 0.25) is 0 Å². The zero-order valence-electron chi connectivity index (χ0n) is 17.3. The number of rotatable bonds is 7. The number of likely N-dealkylation sites (N-methyl/N-ethyl adjacent to an activating group) is 2. The average molecular weight is 394 g/mol. The summed E-state index contributed by atoms with van der Waals surface area (Å²) in [6, 6.07) is 5.67. The van der Waals surface area contributed by atoms with Gasteiger partial charge in [-0.3, -0.25) is 14.5 Å². The molecule has 0 radical (unpaired) electrons. The number of ketones is 1. The van der Waals surface area contributed by atoms with Gasteiger partial charge in [0, 0.05) is 41.1 Å². The summed E-state index contributed by atoms with van der Waals surface area (Å²) in [7, 11) is 7.26. The van der Waals surface area contributed by atoms with Crippen LogP contribution in [0.3, 0.4) is 0 Å². The average Bonchev–Trinajstić information content (AvgIpc) is 3.03. The van der Waals surface area contributed by atoms with Crippen molar-refractivity contribution in [1.29, 1.82) is 0 Å². The van der Waals surface area contributed by atoms with E-state index in [9.17, 15) is 10.0 Å². The van der Waals surface area contributed by atoms with Gasteiger partial charge in [-0.2, -0.15) is 5.10 Å². The maximum absolute atomic E-state index is 13.4. The van der Waals surface area contributed by atoms with Crippen molar-refractivity contribution >= 4 is 22.4 Å². The Hall–Kier alpha value is -2.81. The third-order valence-electron chi connectivity index (χ3n) is 5.19. The number of carbonyl (C=O) groups is 1. The molecule has 1 N–H and O–H groups in total. The number of benzene rings is 1. The molecule has 0 amide bonds. The lowest BCUT2D eigenvalue weighted by Crippen LogP contribution is -2.36. The molecule has 1 aliphatic carbocycles. The van der Waals surface area contributed by atoms with Gasteiger partial charge in [-0.05, 0) is 32.3 Å². The molecule has 0 atom stereocenters. The largest absolute Gasteiger partial charge is 0.633 e. The van der Waals surface area contributed by atoms with Crippen LogP contribution >= 0.6 is 0 Å². The van der Waals surface area contributed by atoms with Crippen LogP contribution in [-0.4, -0.2) is 77.9 Å². The van der Waals surface area contributed by atoms with Gasteiger partial charge in [-0.25, -0.2) is 0 Å². The molecule has 0 spiro atoms. The minimum atomic E-state index is -0.388. The SMILES string of the molecule is CN(C)CCn1nc2c3c(c(NCC[N+](C)(C)[O-])ccc31)C(=O)c1ccncc1-2. The third kappa shape index (κ3) is 3.62. The number of hydroxylamine groups is 3. The van der Waals surface area contributed by atoms with E-state index >= 15 is 0 Å². The quantitative estimate of drug-likeness (QED) is 0.382. The maximum Gasteiger partial charge on any atom is 0.196 e. The molecule has 0 saturated carbocycles. The van der Waals surface area contributed by atoms with E-state index in [0.717, 1.165) is 40.9 Å². The minimum Gasteiger partial charge on any atom is -0.633 e. The molecular formula is C21H26N6O2. The van der Waals surface area contributed by atoms with Crippen molar-refractivity contribution in [2.24, 2.45) is 0 Å². The number of carbonyl (C=O) groups excluding carboxylic acids is 1. The Balaban J connectivity index is 1.84. The second kappa shape index (κ2) is 7.22. The minimum absolute atomic E-state index is 0.0361. The lowest BCUT2D eigenvalue weighted by molar-refractivity contribution is -0.838. The van der Waals surface area contributed by atoms with Crippen molar-refractivity contribution in [2.45, 2.75) is 6.54 Å². The summed E-state index contributed by atoms with van der Waals surface area (Å²) in [4.78, 5) is 19.7. The smallest absolute Gasteiger partial charge is 0.196 e. The van der Waals surface area contributed by atoms with Crippen molar-refractivity contribution in [3.8, 4) is 11.3 Å². The molecule has 0 fully saturated rings.